The molecule has 0 atom stereocenters. The molecule has 0 aliphatic carbocycles. The van der Waals surface area contributed by atoms with Crippen molar-refractivity contribution >= 4 is 28.8 Å². The van der Waals surface area contributed by atoms with Crippen molar-refractivity contribution < 1.29 is 4.74 Å². The topological polar surface area (TPSA) is 12.5 Å². The van der Waals surface area contributed by atoms with Gasteiger partial charge in [0.05, 0.1) is 18.0 Å². The van der Waals surface area contributed by atoms with Crippen molar-refractivity contribution in [1.29, 1.82) is 0 Å². The Hall–Kier alpha value is -2.39. The summed E-state index contributed by atoms with van der Waals surface area (Å²) in [6.07, 6.45) is 10.6. The van der Waals surface area contributed by atoms with Gasteiger partial charge in [0.2, 0.25) is 0 Å². The molecule has 0 spiro atoms. The molecule has 1 aliphatic heterocycles. The van der Waals surface area contributed by atoms with Crippen molar-refractivity contribution in [3.8, 4) is 5.75 Å². The first-order valence-corrected chi connectivity index (χ1v) is 12.6. The van der Waals surface area contributed by atoms with Crippen molar-refractivity contribution in [3.63, 3.8) is 0 Å². The molecule has 0 saturated heterocycles. The molecule has 0 aromatic heterocycles. The van der Waals surface area contributed by atoms with Crippen LogP contribution in [-0.4, -0.2) is 6.61 Å². The molecule has 1 aliphatic rings. The van der Waals surface area contributed by atoms with Crippen LogP contribution in [0, 0.1) is 0 Å². The number of unbranched alkanes of at least 4 members (excludes halogenated alkanes) is 7. The van der Waals surface area contributed by atoms with Crippen molar-refractivity contribution in [2.75, 3.05) is 11.5 Å². The van der Waals surface area contributed by atoms with E-state index in [-0.39, 0.29) is 0 Å². The molecule has 3 heteroatoms. The number of para-hydroxylation sites is 2. The number of anilines is 3. The normalized spacial score (nSPS) is 12.4. The molecular formula is C28H33NOS. The lowest BCUT2D eigenvalue weighted by Gasteiger charge is -2.32. The van der Waals surface area contributed by atoms with E-state index in [0.29, 0.717) is 0 Å². The van der Waals surface area contributed by atoms with Crippen LogP contribution < -0.4 is 9.64 Å². The summed E-state index contributed by atoms with van der Waals surface area (Å²) in [5, 5.41) is 0. The highest BCUT2D eigenvalue weighted by molar-refractivity contribution is 7.99. The van der Waals surface area contributed by atoms with Gasteiger partial charge in [0.1, 0.15) is 5.75 Å². The molecule has 0 amide bonds. The van der Waals surface area contributed by atoms with Gasteiger partial charge in [-0.25, -0.2) is 0 Å². The largest absolute Gasteiger partial charge is 0.494 e. The average molecular weight is 432 g/mol. The van der Waals surface area contributed by atoms with Gasteiger partial charge in [0, 0.05) is 15.5 Å². The Morgan fingerprint density at radius 2 is 1.19 bits per heavy atom. The van der Waals surface area contributed by atoms with Gasteiger partial charge < -0.3 is 9.64 Å². The summed E-state index contributed by atoms with van der Waals surface area (Å²) in [5.74, 6) is 0.958. The maximum absolute atomic E-state index is 6.01. The van der Waals surface area contributed by atoms with Crippen molar-refractivity contribution in [1.82, 2.24) is 0 Å². The Kier molecular flexibility index (Phi) is 7.95. The molecule has 0 saturated carbocycles. The van der Waals surface area contributed by atoms with Crippen LogP contribution in [0.3, 0.4) is 0 Å². The predicted octanol–water partition coefficient (Wildman–Crippen LogP) is 9.14. The summed E-state index contributed by atoms with van der Waals surface area (Å²) in [4.78, 5) is 4.93. The SMILES string of the molecule is CCCCCCCCCCOc1ccc(N2c3ccccc3Sc3ccccc32)cc1. The second-order valence-corrected chi connectivity index (χ2v) is 9.27. The highest BCUT2D eigenvalue weighted by Crippen LogP contribution is 2.51. The quantitative estimate of drug-likeness (QED) is 0.220. The Balaban J connectivity index is 1.34. The van der Waals surface area contributed by atoms with Crippen LogP contribution >= 0.6 is 11.8 Å². The third-order valence-corrected chi connectivity index (χ3v) is 6.92. The molecule has 2 nitrogen and oxygen atoms in total. The van der Waals surface area contributed by atoms with E-state index < -0.39 is 0 Å². The van der Waals surface area contributed by atoms with Crippen LogP contribution in [0.1, 0.15) is 58.3 Å². The number of nitrogens with zero attached hydrogens (tertiary/aromatic N) is 1. The first kappa shape index (κ1) is 21.8. The Morgan fingerprint density at radius 1 is 0.645 bits per heavy atom. The predicted molar refractivity (Wildman–Crippen MR) is 133 cm³/mol. The molecule has 4 rings (SSSR count). The monoisotopic (exact) mass is 431 g/mol. The van der Waals surface area contributed by atoms with Gasteiger partial charge in [-0.1, -0.05) is 87.9 Å². The molecular weight excluding hydrogens is 398 g/mol. The van der Waals surface area contributed by atoms with Crippen molar-refractivity contribution in [2.45, 2.75) is 68.1 Å². The standard InChI is InChI=1S/C28H33NOS/c1-2-3-4-5-6-7-8-13-22-30-24-20-18-23(19-21-24)29-25-14-9-11-16-27(25)31-28-17-12-10-15-26(28)29/h9-12,14-21H,2-8,13,22H2,1H3. The fourth-order valence-corrected chi connectivity index (χ4v) is 5.16. The highest BCUT2D eigenvalue weighted by Gasteiger charge is 2.23. The first-order chi connectivity index (χ1) is 15.4. The minimum atomic E-state index is 0.806. The number of rotatable bonds is 11. The number of benzene rings is 3. The average Bonchev–Trinajstić information content (AvgIpc) is 2.82. The van der Waals surface area contributed by atoms with E-state index in [1.807, 2.05) is 11.8 Å². The molecule has 3 aromatic rings. The zero-order valence-corrected chi connectivity index (χ0v) is 19.4. The third-order valence-electron chi connectivity index (χ3n) is 5.79. The Morgan fingerprint density at radius 3 is 1.81 bits per heavy atom. The summed E-state index contributed by atoms with van der Waals surface area (Å²) >= 11 is 1.84. The first-order valence-electron chi connectivity index (χ1n) is 11.8. The van der Waals surface area contributed by atoms with E-state index in [0.717, 1.165) is 18.8 Å². The number of hydrogen-bond acceptors (Lipinski definition) is 3. The molecule has 31 heavy (non-hydrogen) atoms. The van der Waals surface area contributed by atoms with E-state index in [9.17, 15) is 0 Å². The summed E-state index contributed by atoms with van der Waals surface area (Å²) in [6, 6.07) is 25.8. The lowest BCUT2D eigenvalue weighted by Crippen LogP contribution is -2.14. The van der Waals surface area contributed by atoms with Gasteiger partial charge in [0.25, 0.3) is 0 Å². The van der Waals surface area contributed by atoms with Crippen LogP contribution in [0.25, 0.3) is 0 Å². The van der Waals surface area contributed by atoms with E-state index in [4.69, 9.17) is 4.74 Å². The van der Waals surface area contributed by atoms with E-state index in [1.54, 1.807) is 0 Å². The summed E-state index contributed by atoms with van der Waals surface area (Å²) < 4.78 is 6.01. The van der Waals surface area contributed by atoms with Crippen molar-refractivity contribution in [3.05, 3.63) is 72.8 Å². The van der Waals surface area contributed by atoms with Crippen LogP contribution in [-0.2, 0) is 0 Å². The zero-order chi connectivity index (χ0) is 21.3. The second kappa shape index (κ2) is 11.3. The van der Waals surface area contributed by atoms with Crippen LogP contribution in [0.15, 0.2) is 82.6 Å². The lowest BCUT2D eigenvalue weighted by atomic mass is 10.1. The maximum atomic E-state index is 6.01. The minimum Gasteiger partial charge on any atom is -0.494 e. The molecule has 0 N–H and O–H groups in total. The second-order valence-electron chi connectivity index (χ2n) is 8.19. The minimum absolute atomic E-state index is 0.806. The molecule has 1 heterocycles. The number of hydrogen-bond donors (Lipinski definition) is 0. The Labute approximate surface area is 191 Å². The van der Waals surface area contributed by atoms with Gasteiger partial charge in [-0.15, -0.1) is 0 Å². The molecule has 162 valence electrons. The van der Waals surface area contributed by atoms with Crippen LogP contribution in [0.5, 0.6) is 5.75 Å². The van der Waals surface area contributed by atoms with Crippen LogP contribution in [0.4, 0.5) is 17.1 Å². The smallest absolute Gasteiger partial charge is 0.119 e. The molecule has 3 aromatic carbocycles. The Bertz CT molecular complexity index is 908. The highest BCUT2D eigenvalue weighted by atomic mass is 32.2. The van der Waals surface area contributed by atoms with Gasteiger partial charge in [-0.05, 0) is 55.0 Å². The van der Waals surface area contributed by atoms with E-state index >= 15 is 0 Å². The number of ether oxygens (including phenoxy) is 1. The van der Waals surface area contributed by atoms with E-state index in [2.05, 4.69) is 84.6 Å². The maximum Gasteiger partial charge on any atom is 0.119 e. The van der Waals surface area contributed by atoms with Gasteiger partial charge in [0.15, 0.2) is 0 Å². The number of fused-ring (bicyclic) bond motifs is 2. The summed E-state index contributed by atoms with van der Waals surface area (Å²) in [7, 11) is 0. The zero-order valence-electron chi connectivity index (χ0n) is 18.6. The lowest BCUT2D eigenvalue weighted by molar-refractivity contribution is 0.304. The fourth-order valence-electron chi connectivity index (χ4n) is 4.10. The third kappa shape index (κ3) is 5.65. The summed E-state index contributed by atoms with van der Waals surface area (Å²) in [6.45, 7) is 3.08. The fraction of sp³-hybridized carbons (Fsp3) is 0.357. The van der Waals surface area contributed by atoms with Gasteiger partial charge in [-0.2, -0.15) is 0 Å². The summed E-state index contributed by atoms with van der Waals surface area (Å²) in [5.41, 5.74) is 3.64. The molecule has 0 bridgehead atoms. The molecule has 0 fully saturated rings. The van der Waals surface area contributed by atoms with Gasteiger partial charge in [-0.3, -0.25) is 0 Å². The van der Waals surface area contributed by atoms with Crippen LogP contribution in [0.2, 0.25) is 0 Å². The molecule has 0 unspecified atom stereocenters. The van der Waals surface area contributed by atoms with Crippen molar-refractivity contribution in [2.24, 2.45) is 0 Å². The van der Waals surface area contributed by atoms with E-state index in [1.165, 1.54) is 71.8 Å². The van der Waals surface area contributed by atoms with Gasteiger partial charge >= 0.3 is 0 Å². The molecule has 0 radical (unpaired) electrons.